The monoisotopic (exact) mass is 490 g/mol. The van der Waals surface area contributed by atoms with Crippen molar-refractivity contribution in [2.45, 2.75) is 79.6 Å². The molecule has 1 saturated carbocycles. The van der Waals surface area contributed by atoms with Crippen LogP contribution in [-0.4, -0.2) is 29.3 Å². The van der Waals surface area contributed by atoms with E-state index in [1.807, 2.05) is 39.0 Å². The number of allylic oxidation sites excluding steroid dienone is 1. The van der Waals surface area contributed by atoms with Crippen molar-refractivity contribution in [2.24, 2.45) is 22.7 Å². The van der Waals surface area contributed by atoms with Crippen LogP contribution in [0.3, 0.4) is 0 Å². The number of hydrazine groups is 1. The summed E-state index contributed by atoms with van der Waals surface area (Å²) < 4.78 is 5.03. The molecule has 0 bridgehead atoms. The quantitative estimate of drug-likeness (QED) is 0.119. The number of hydrogen-bond donors (Lipinski definition) is 2. The predicted molar refractivity (Wildman–Crippen MR) is 144 cm³/mol. The van der Waals surface area contributed by atoms with Gasteiger partial charge in [-0.25, -0.2) is 5.84 Å². The van der Waals surface area contributed by atoms with Crippen molar-refractivity contribution < 1.29 is 14.3 Å². The molecule has 0 radical (unpaired) electrons. The third kappa shape index (κ3) is 10.3. The summed E-state index contributed by atoms with van der Waals surface area (Å²) in [5.41, 5.74) is 3.49. The summed E-state index contributed by atoms with van der Waals surface area (Å²) >= 11 is 1.25. The van der Waals surface area contributed by atoms with Crippen LogP contribution in [0.5, 0.6) is 0 Å². The van der Waals surface area contributed by atoms with Gasteiger partial charge >= 0.3 is 5.97 Å². The Balaban J connectivity index is 0.000000700. The topological polar surface area (TPSA) is 111 Å². The molecule has 7 nitrogen and oxygen atoms in total. The largest absolute Gasteiger partial charge is 0.457 e. The van der Waals surface area contributed by atoms with Crippen molar-refractivity contribution in [1.82, 2.24) is 0 Å². The van der Waals surface area contributed by atoms with Gasteiger partial charge in [0.25, 0.3) is 0 Å². The smallest absolute Gasteiger partial charge is 0.307 e. The third-order valence-electron chi connectivity index (χ3n) is 5.98. The number of carbonyl (C=O) groups excluding carboxylic acids is 2. The second-order valence-corrected chi connectivity index (χ2v) is 9.54. The summed E-state index contributed by atoms with van der Waals surface area (Å²) in [6.07, 6.45) is 9.90. The van der Waals surface area contributed by atoms with E-state index >= 15 is 0 Å². The molecule has 0 aromatic heterocycles. The number of hydrazone groups is 1. The van der Waals surface area contributed by atoms with Gasteiger partial charge in [-0.1, -0.05) is 75.9 Å². The first-order valence-corrected chi connectivity index (χ1v) is 13.1. The Labute approximate surface area is 209 Å². The number of nitrogens with two attached hydrogens (primary N) is 2. The van der Waals surface area contributed by atoms with E-state index < -0.39 is 5.97 Å². The zero-order valence-electron chi connectivity index (χ0n) is 21.4. The van der Waals surface area contributed by atoms with Gasteiger partial charge in [0.05, 0.1) is 12.1 Å². The molecule has 0 unspecified atom stereocenters. The van der Waals surface area contributed by atoms with Crippen LogP contribution < -0.4 is 16.7 Å². The second-order valence-electron chi connectivity index (χ2n) is 8.48. The Morgan fingerprint density at radius 2 is 1.91 bits per heavy atom. The van der Waals surface area contributed by atoms with E-state index in [0.717, 1.165) is 22.7 Å². The number of thioether (sulfide) groups is 1. The Morgan fingerprint density at radius 3 is 2.44 bits per heavy atom. The summed E-state index contributed by atoms with van der Waals surface area (Å²) in [6.45, 7) is 9.65. The lowest BCUT2D eigenvalue weighted by Gasteiger charge is -2.21. The van der Waals surface area contributed by atoms with Crippen LogP contribution in [0.15, 0.2) is 34.9 Å². The minimum absolute atomic E-state index is 0.120. The molecule has 1 aliphatic rings. The summed E-state index contributed by atoms with van der Waals surface area (Å²) in [5, 5.41) is 5.51. The van der Waals surface area contributed by atoms with Gasteiger partial charge < -0.3 is 10.6 Å². The van der Waals surface area contributed by atoms with E-state index in [1.165, 1.54) is 48.9 Å². The number of anilines is 1. The number of Topliss-reactive ketones (excluding diaryl/α,β-unsaturated/α-hetero) is 1. The molecule has 1 fully saturated rings. The lowest BCUT2D eigenvalue weighted by Crippen LogP contribution is -2.37. The standard InChI is InChI=1S/C19H28N4O3S.C7H14/c1-5-15(6-2)17(24)12-26-18(25)9-10-27-19(22-20)23(21)16-11-13(3)7-8-14(16)4;1-2-7-5-3-4-6-7/h5,7-8,11H,6,9-10,12,20-21H2,1-4H3;7H,2-6H2,1H3/b15-5+,22-19+;. The molecule has 1 aliphatic carbocycles. The predicted octanol–water partition coefficient (Wildman–Crippen LogP) is 5.39. The van der Waals surface area contributed by atoms with E-state index in [2.05, 4.69) is 12.0 Å². The minimum atomic E-state index is -0.450. The number of carbonyl (C=O) groups is 2. The van der Waals surface area contributed by atoms with Gasteiger partial charge in [0.2, 0.25) is 5.17 Å². The fourth-order valence-corrected chi connectivity index (χ4v) is 4.53. The highest BCUT2D eigenvalue weighted by atomic mass is 32.2. The molecule has 8 heteroatoms. The number of esters is 1. The van der Waals surface area contributed by atoms with Crippen LogP contribution in [0, 0.1) is 19.8 Å². The van der Waals surface area contributed by atoms with Crippen molar-refractivity contribution in [3.05, 3.63) is 41.0 Å². The Hall–Kier alpha value is -2.32. The fraction of sp³-hybridized carbons (Fsp3) is 0.577. The molecule has 0 amide bonds. The highest BCUT2D eigenvalue weighted by Gasteiger charge is 2.15. The zero-order chi connectivity index (χ0) is 25.5. The average Bonchev–Trinajstić information content (AvgIpc) is 3.37. The number of ether oxygens (including phenoxy) is 1. The van der Waals surface area contributed by atoms with E-state index in [4.69, 9.17) is 16.4 Å². The molecule has 1 aromatic rings. The van der Waals surface area contributed by atoms with Crippen molar-refractivity contribution in [3.8, 4) is 0 Å². The van der Waals surface area contributed by atoms with Gasteiger partial charge in [0, 0.05) is 5.75 Å². The molecule has 4 N–H and O–H groups in total. The van der Waals surface area contributed by atoms with Crippen molar-refractivity contribution >= 4 is 34.4 Å². The van der Waals surface area contributed by atoms with E-state index in [9.17, 15) is 9.59 Å². The average molecular weight is 491 g/mol. The maximum Gasteiger partial charge on any atom is 0.307 e. The van der Waals surface area contributed by atoms with Crippen LogP contribution in [0.4, 0.5) is 5.69 Å². The number of hydrogen-bond acceptors (Lipinski definition) is 7. The Morgan fingerprint density at radius 1 is 1.24 bits per heavy atom. The molecule has 2 rings (SSSR count). The number of amidine groups is 1. The van der Waals surface area contributed by atoms with Gasteiger partial charge in [-0.2, -0.15) is 5.10 Å². The van der Waals surface area contributed by atoms with E-state index in [-0.39, 0.29) is 18.8 Å². The highest BCUT2D eigenvalue weighted by Crippen LogP contribution is 2.26. The van der Waals surface area contributed by atoms with Crippen LogP contribution in [0.2, 0.25) is 0 Å². The first-order chi connectivity index (χ1) is 16.3. The summed E-state index contributed by atoms with van der Waals surface area (Å²) in [6, 6.07) is 5.90. The number of ketones is 1. The third-order valence-corrected chi connectivity index (χ3v) is 6.95. The molecule has 34 heavy (non-hydrogen) atoms. The molecular weight excluding hydrogens is 448 g/mol. The number of nitrogens with zero attached hydrogens (tertiary/aromatic N) is 2. The van der Waals surface area contributed by atoms with Crippen LogP contribution in [0.25, 0.3) is 0 Å². The SMILES string of the molecule is C/C=C(\CC)C(=O)COC(=O)CCS/C(=N/N)N(N)c1cc(C)ccc1C.CCC1CCCC1. The molecule has 0 heterocycles. The van der Waals surface area contributed by atoms with E-state index in [0.29, 0.717) is 22.9 Å². The maximum atomic E-state index is 11.8. The Kier molecular flexibility index (Phi) is 14.3. The van der Waals surface area contributed by atoms with Crippen LogP contribution in [0.1, 0.15) is 76.8 Å². The molecule has 0 atom stereocenters. The number of rotatable bonds is 9. The van der Waals surface area contributed by atoms with Gasteiger partial charge in [-0.3, -0.25) is 14.6 Å². The molecule has 0 aliphatic heterocycles. The summed E-state index contributed by atoms with van der Waals surface area (Å²) in [4.78, 5) is 23.7. The molecule has 1 aromatic carbocycles. The summed E-state index contributed by atoms with van der Waals surface area (Å²) in [7, 11) is 0. The zero-order valence-corrected chi connectivity index (χ0v) is 22.2. The van der Waals surface area contributed by atoms with Crippen LogP contribution in [-0.2, 0) is 14.3 Å². The molecule has 0 saturated heterocycles. The molecular formula is C26H42N4O3S. The first-order valence-electron chi connectivity index (χ1n) is 12.1. The second kappa shape index (κ2) is 16.3. The fourth-order valence-electron chi connectivity index (χ4n) is 3.77. The normalized spacial score (nSPS) is 14.4. The summed E-state index contributed by atoms with van der Waals surface area (Å²) in [5.74, 6) is 12.4. The number of aryl methyl sites for hydroxylation is 2. The highest BCUT2D eigenvalue weighted by molar-refractivity contribution is 8.14. The first kappa shape index (κ1) is 29.7. The van der Waals surface area contributed by atoms with Crippen molar-refractivity contribution in [2.75, 3.05) is 17.4 Å². The van der Waals surface area contributed by atoms with Gasteiger partial charge in [-0.05, 0) is 55.9 Å². The van der Waals surface area contributed by atoms with Gasteiger partial charge in [0.15, 0.2) is 12.4 Å². The lowest BCUT2D eigenvalue weighted by molar-refractivity contribution is -0.146. The van der Waals surface area contributed by atoms with Crippen molar-refractivity contribution in [3.63, 3.8) is 0 Å². The maximum absolute atomic E-state index is 11.8. The minimum Gasteiger partial charge on any atom is -0.457 e. The van der Waals surface area contributed by atoms with Gasteiger partial charge in [-0.15, -0.1) is 0 Å². The molecule has 0 spiro atoms. The Bertz CT molecular complexity index is 848. The molecule has 190 valence electrons. The lowest BCUT2D eigenvalue weighted by atomic mass is 10.1. The van der Waals surface area contributed by atoms with Gasteiger partial charge in [0.1, 0.15) is 0 Å². The van der Waals surface area contributed by atoms with E-state index in [1.54, 1.807) is 13.0 Å². The van der Waals surface area contributed by atoms with Crippen molar-refractivity contribution in [1.29, 1.82) is 0 Å². The number of benzene rings is 1. The van der Waals surface area contributed by atoms with Crippen LogP contribution >= 0.6 is 11.8 Å².